The highest BCUT2D eigenvalue weighted by Gasteiger charge is 2.21. The van der Waals surface area contributed by atoms with Crippen molar-refractivity contribution in [2.24, 2.45) is 0 Å². The Bertz CT molecular complexity index is 1440. The summed E-state index contributed by atoms with van der Waals surface area (Å²) in [6, 6.07) is 17.3. The van der Waals surface area contributed by atoms with E-state index in [9.17, 15) is 14.5 Å². The van der Waals surface area contributed by atoms with Gasteiger partial charge in [-0.1, -0.05) is 30.3 Å². The molecule has 4 aromatic rings. The summed E-state index contributed by atoms with van der Waals surface area (Å²) in [7, 11) is -3.43. The first-order valence-corrected chi connectivity index (χ1v) is 12.9. The monoisotopic (exact) mass is 481 g/mol. The lowest BCUT2D eigenvalue weighted by Crippen LogP contribution is -2.36. The molecule has 1 atom stereocenters. The fourth-order valence-electron chi connectivity index (χ4n) is 3.97. The zero-order valence-corrected chi connectivity index (χ0v) is 19.5. The van der Waals surface area contributed by atoms with Gasteiger partial charge in [0.1, 0.15) is 28.1 Å². The van der Waals surface area contributed by atoms with Crippen LogP contribution in [0.4, 0.5) is 5.69 Å². The van der Waals surface area contributed by atoms with Crippen LogP contribution in [-0.4, -0.2) is 38.1 Å². The SMILES string of the molecule is CP(=O)(OCc1ccccc1)Oc1ccc2c(=O)c3c(O)cc(N4CCOCC4)cc3oc2c1. The Morgan fingerprint density at radius 3 is 2.56 bits per heavy atom. The van der Waals surface area contributed by atoms with Crippen molar-refractivity contribution in [2.45, 2.75) is 6.61 Å². The second-order valence-electron chi connectivity index (χ2n) is 8.15. The van der Waals surface area contributed by atoms with Gasteiger partial charge in [0.05, 0.1) is 25.2 Å². The number of phenols is 1. The number of ether oxygens (including phenoxy) is 1. The van der Waals surface area contributed by atoms with E-state index < -0.39 is 7.60 Å². The molecular weight excluding hydrogens is 457 g/mol. The second-order valence-corrected chi connectivity index (χ2v) is 10.1. The first-order chi connectivity index (χ1) is 16.4. The lowest BCUT2D eigenvalue weighted by atomic mass is 10.1. The Balaban J connectivity index is 1.46. The Hall–Kier alpha value is -3.32. The van der Waals surface area contributed by atoms with E-state index in [0.29, 0.717) is 26.3 Å². The zero-order valence-electron chi connectivity index (χ0n) is 18.6. The third kappa shape index (κ3) is 4.66. The van der Waals surface area contributed by atoms with E-state index in [-0.39, 0.29) is 45.5 Å². The number of nitrogens with zero attached hydrogens (tertiary/aromatic N) is 1. The number of aromatic hydroxyl groups is 1. The number of anilines is 1. The summed E-state index contributed by atoms with van der Waals surface area (Å²) in [5.74, 6) is 0.116. The number of rotatable bonds is 6. The number of morpholine rings is 1. The van der Waals surface area contributed by atoms with E-state index in [2.05, 4.69) is 4.90 Å². The molecule has 1 saturated heterocycles. The lowest BCUT2D eigenvalue weighted by Gasteiger charge is -2.29. The van der Waals surface area contributed by atoms with Crippen molar-refractivity contribution >= 4 is 35.2 Å². The van der Waals surface area contributed by atoms with Gasteiger partial charge >= 0.3 is 7.60 Å². The second kappa shape index (κ2) is 9.14. The molecule has 0 radical (unpaired) electrons. The summed E-state index contributed by atoms with van der Waals surface area (Å²) in [6.07, 6.45) is 0. The summed E-state index contributed by atoms with van der Waals surface area (Å²) >= 11 is 0. The van der Waals surface area contributed by atoms with Crippen LogP contribution in [-0.2, 0) is 20.4 Å². The van der Waals surface area contributed by atoms with Crippen LogP contribution >= 0.6 is 7.60 Å². The van der Waals surface area contributed by atoms with Crippen molar-refractivity contribution in [1.82, 2.24) is 0 Å². The first-order valence-electron chi connectivity index (χ1n) is 10.9. The Kier molecular flexibility index (Phi) is 6.04. The van der Waals surface area contributed by atoms with Gasteiger partial charge in [-0.3, -0.25) is 9.32 Å². The van der Waals surface area contributed by atoms with Gasteiger partial charge in [-0.15, -0.1) is 0 Å². The summed E-state index contributed by atoms with van der Waals surface area (Å²) in [6.45, 7) is 4.06. The minimum Gasteiger partial charge on any atom is -0.507 e. The van der Waals surface area contributed by atoms with Crippen molar-refractivity contribution in [1.29, 1.82) is 0 Å². The molecule has 0 spiro atoms. The average Bonchev–Trinajstić information content (AvgIpc) is 2.83. The molecule has 1 aliphatic heterocycles. The van der Waals surface area contributed by atoms with E-state index in [1.54, 1.807) is 12.1 Å². The van der Waals surface area contributed by atoms with Crippen LogP contribution in [0.3, 0.4) is 0 Å². The highest BCUT2D eigenvalue weighted by molar-refractivity contribution is 7.53. The highest BCUT2D eigenvalue weighted by atomic mass is 31.2. The normalized spacial score (nSPS) is 16.0. The molecular formula is C25H24NO7P. The van der Waals surface area contributed by atoms with E-state index in [1.807, 2.05) is 30.3 Å². The van der Waals surface area contributed by atoms with Crippen molar-refractivity contribution in [3.63, 3.8) is 0 Å². The maximum absolute atomic E-state index is 13.1. The predicted octanol–water partition coefficient (Wildman–Crippen LogP) is 4.91. The van der Waals surface area contributed by atoms with Crippen LogP contribution < -0.4 is 14.9 Å². The molecule has 3 aromatic carbocycles. The lowest BCUT2D eigenvalue weighted by molar-refractivity contribution is 0.122. The van der Waals surface area contributed by atoms with Crippen LogP contribution in [0.1, 0.15) is 5.56 Å². The van der Waals surface area contributed by atoms with Crippen molar-refractivity contribution in [2.75, 3.05) is 37.9 Å². The summed E-state index contributed by atoms with van der Waals surface area (Å²) < 4.78 is 35.4. The van der Waals surface area contributed by atoms with Crippen LogP contribution in [0.15, 0.2) is 69.9 Å². The number of hydrogen-bond donors (Lipinski definition) is 1. The number of fused-ring (bicyclic) bond motifs is 2. The quantitative estimate of drug-likeness (QED) is 0.307. The topological polar surface area (TPSA) is 98.4 Å². The van der Waals surface area contributed by atoms with Crippen molar-refractivity contribution in [3.8, 4) is 11.5 Å². The number of hydrogen-bond acceptors (Lipinski definition) is 8. The standard InChI is InChI=1S/C25H24NO7P/c1-34(29,31-16-17-5-3-2-4-6-17)33-19-7-8-20-22(15-19)32-23-14-18(26-9-11-30-12-10-26)13-21(27)24(23)25(20)28/h2-8,13-15,27H,9-12,16H2,1H3. The third-order valence-electron chi connectivity index (χ3n) is 5.67. The Morgan fingerprint density at radius 1 is 1.03 bits per heavy atom. The molecule has 34 heavy (non-hydrogen) atoms. The first kappa shape index (κ1) is 22.5. The molecule has 2 heterocycles. The van der Waals surface area contributed by atoms with Crippen molar-refractivity contribution < 1.29 is 27.9 Å². The van der Waals surface area contributed by atoms with E-state index in [0.717, 1.165) is 11.3 Å². The minimum absolute atomic E-state index is 0.116. The fourth-order valence-corrected chi connectivity index (χ4v) is 4.90. The predicted molar refractivity (Wildman–Crippen MR) is 130 cm³/mol. The molecule has 0 aliphatic carbocycles. The van der Waals surface area contributed by atoms with Gasteiger partial charge in [0.15, 0.2) is 0 Å². The molecule has 9 heteroatoms. The summed E-state index contributed by atoms with van der Waals surface area (Å²) in [5, 5.41) is 11.0. The molecule has 1 aromatic heterocycles. The highest BCUT2D eigenvalue weighted by Crippen LogP contribution is 2.45. The zero-order chi connectivity index (χ0) is 23.7. The van der Waals surface area contributed by atoms with Gasteiger partial charge in [0, 0.05) is 43.6 Å². The smallest absolute Gasteiger partial charge is 0.376 e. The maximum atomic E-state index is 13.1. The van der Waals surface area contributed by atoms with Gasteiger partial charge in [0.2, 0.25) is 5.43 Å². The largest absolute Gasteiger partial charge is 0.507 e. The average molecular weight is 481 g/mol. The molecule has 1 aliphatic rings. The fraction of sp³-hybridized carbons (Fsp3) is 0.240. The molecule has 1 N–H and O–H groups in total. The van der Waals surface area contributed by atoms with Crippen LogP contribution in [0.5, 0.6) is 11.5 Å². The van der Waals surface area contributed by atoms with Gasteiger partial charge < -0.3 is 23.7 Å². The molecule has 5 rings (SSSR count). The number of benzene rings is 3. The number of phenolic OH excluding ortho intramolecular Hbond substituents is 1. The molecule has 0 bridgehead atoms. The van der Waals surface area contributed by atoms with Gasteiger partial charge in [-0.25, -0.2) is 4.57 Å². The molecule has 1 unspecified atom stereocenters. The van der Waals surface area contributed by atoms with Gasteiger partial charge in [-0.05, 0) is 17.7 Å². The minimum atomic E-state index is -3.43. The van der Waals surface area contributed by atoms with E-state index in [1.165, 1.54) is 24.9 Å². The maximum Gasteiger partial charge on any atom is 0.376 e. The van der Waals surface area contributed by atoms with Gasteiger partial charge in [0.25, 0.3) is 0 Å². The van der Waals surface area contributed by atoms with Crippen LogP contribution in [0.2, 0.25) is 0 Å². The molecule has 8 nitrogen and oxygen atoms in total. The summed E-state index contributed by atoms with van der Waals surface area (Å²) in [5.41, 5.74) is 1.79. The Labute approximate surface area is 195 Å². The summed E-state index contributed by atoms with van der Waals surface area (Å²) in [4.78, 5) is 15.1. The molecule has 0 amide bonds. The molecule has 176 valence electrons. The van der Waals surface area contributed by atoms with E-state index in [4.69, 9.17) is 18.2 Å². The Morgan fingerprint density at radius 2 is 1.79 bits per heavy atom. The van der Waals surface area contributed by atoms with E-state index >= 15 is 0 Å². The van der Waals surface area contributed by atoms with Crippen LogP contribution in [0.25, 0.3) is 21.9 Å². The van der Waals surface area contributed by atoms with Gasteiger partial charge in [-0.2, -0.15) is 0 Å². The third-order valence-corrected chi connectivity index (χ3v) is 6.81. The van der Waals surface area contributed by atoms with Crippen LogP contribution in [0, 0.1) is 0 Å². The molecule has 1 fully saturated rings. The molecule has 0 saturated carbocycles. The van der Waals surface area contributed by atoms with Crippen molar-refractivity contribution in [3.05, 3.63) is 76.5 Å².